The van der Waals surface area contributed by atoms with Gasteiger partial charge in [-0.25, -0.2) is 21.6 Å². The molecule has 7 nitrogen and oxygen atoms in total. The summed E-state index contributed by atoms with van der Waals surface area (Å²) in [6, 6.07) is 19.1. The highest BCUT2D eigenvalue weighted by Gasteiger charge is 2.26. The molecule has 0 aromatic heterocycles. The third-order valence-electron chi connectivity index (χ3n) is 5.53. The number of hydrogen-bond donors (Lipinski definition) is 1. The molecule has 0 radical (unpaired) electrons. The fourth-order valence-electron chi connectivity index (χ4n) is 3.31. The van der Waals surface area contributed by atoms with Crippen LogP contribution in [0, 0.1) is 0 Å². The molecule has 3 rings (SSSR count). The summed E-state index contributed by atoms with van der Waals surface area (Å²) in [6.07, 6.45) is 0.636. The van der Waals surface area contributed by atoms with E-state index in [1.165, 1.54) is 28.6 Å². The van der Waals surface area contributed by atoms with Crippen molar-refractivity contribution in [2.75, 3.05) is 7.11 Å². The summed E-state index contributed by atoms with van der Waals surface area (Å²) in [6.45, 7) is 3.87. The smallest absolute Gasteiger partial charge is 0.243 e. The summed E-state index contributed by atoms with van der Waals surface area (Å²) < 4.78 is 61.5. The highest BCUT2D eigenvalue weighted by molar-refractivity contribution is 7.89. The minimum atomic E-state index is -3.96. The molecular formula is C25H29ClN2O5S2. The summed E-state index contributed by atoms with van der Waals surface area (Å²) in [5.41, 5.74) is 1.55. The van der Waals surface area contributed by atoms with Gasteiger partial charge in [0.15, 0.2) is 0 Å². The first-order valence-electron chi connectivity index (χ1n) is 11.0. The number of nitrogens with one attached hydrogen (secondary N) is 1. The van der Waals surface area contributed by atoms with E-state index >= 15 is 0 Å². The van der Waals surface area contributed by atoms with Crippen molar-refractivity contribution in [2.24, 2.45) is 0 Å². The molecule has 1 unspecified atom stereocenters. The number of nitrogens with zero attached hydrogens (tertiary/aromatic N) is 1. The number of halogens is 1. The summed E-state index contributed by atoms with van der Waals surface area (Å²) in [7, 11) is -6.14. The van der Waals surface area contributed by atoms with E-state index in [9.17, 15) is 16.8 Å². The van der Waals surface area contributed by atoms with E-state index < -0.39 is 20.0 Å². The quantitative estimate of drug-likeness (QED) is 0.379. The molecule has 35 heavy (non-hydrogen) atoms. The monoisotopic (exact) mass is 536 g/mol. The van der Waals surface area contributed by atoms with Gasteiger partial charge in [0.1, 0.15) is 5.75 Å². The van der Waals surface area contributed by atoms with Crippen LogP contribution in [0.15, 0.2) is 82.6 Å². The number of methoxy groups -OCH3 is 1. The molecule has 188 valence electrons. The second kappa shape index (κ2) is 11.5. The van der Waals surface area contributed by atoms with Crippen LogP contribution < -0.4 is 9.46 Å². The Morgan fingerprint density at radius 3 is 1.80 bits per heavy atom. The number of rotatable bonds is 11. The Kier molecular flexibility index (Phi) is 8.95. The van der Waals surface area contributed by atoms with E-state index in [1.54, 1.807) is 62.6 Å². The van der Waals surface area contributed by atoms with Crippen molar-refractivity contribution in [1.29, 1.82) is 0 Å². The molecule has 0 heterocycles. The fraction of sp³-hybridized carbons (Fsp3) is 0.280. The molecule has 0 aliphatic carbocycles. The molecule has 0 bridgehead atoms. The molecule has 0 spiro atoms. The van der Waals surface area contributed by atoms with E-state index in [-0.39, 0.29) is 28.9 Å². The minimum absolute atomic E-state index is 0.00228. The van der Waals surface area contributed by atoms with Crippen LogP contribution in [0.1, 0.15) is 31.4 Å². The average Bonchev–Trinajstić information content (AvgIpc) is 2.85. The molecule has 1 atom stereocenters. The topological polar surface area (TPSA) is 92.8 Å². The Morgan fingerprint density at radius 2 is 1.31 bits per heavy atom. The largest absolute Gasteiger partial charge is 0.497 e. The Balaban J connectivity index is 1.93. The lowest BCUT2D eigenvalue weighted by atomic mass is 10.2. The van der Waals surface area contributed by atoms with Crippen LogP contribution in [0.5, 0.6) is 5.75 Å². The summed E-state index contributed by atoms with van der Waals surface area (Å²) in [5.74, 6) is 0.670. The maximum atomic E-state index is 13.6. The SMILES string of the molecule is CCC(C)NS(=O)(=O)c1ccc(S(=O)(=O)N(Cc2ccc(Cl)cc2)Cc2ccc(OC)cc2)cc1. The van der Waals surface area contributed by atoms with Crippen LogP contribution in [-0.4, -0.2) is 34.3 Å². The van der Waals surface area contributed by atoms with E-state index in [1.807, 2.05) is 6.92 Å². The second-order valence-corrected chi connectivity index (χ2v) is 12.2. The molecule has 0 saturated carbocycles. The average molecular weight is 537 g/mol. The van der Waals surface area contributed by atoms with Crippen LogP contribution in [-0.2, 0) is 33.1 Å². The highest BCUT2D eigenvalue weighted by Crippen LogP contribution is 2.24. The lowest BCUT2D eigenvalue weighted by Crippen LogP contribution is -2.32. The third kappa shape index (κ3) is 7.05. The van der Waals surface area contributed by atoms with Crippen molar-refractivity contribution in [3.63, 3.8) is 0 Å². The van der Waals surface area contributed by atoms with Gasteiger partial charge in [-0.15, -0.1) is 0 Å². The zero-order valence-electron chi connectivity index (χ0n) is 19.8. The maximum absolute atomic E-state index is 13.6. The Bertz CT molecular complexity index is 1330. The van der Waals surface area contributed by atoms with Gasteiger partial charge in [0, 0.05) is 24.2 Å². The predicted molar refractivity (Wildman–Crippen MR) is 137 cm³/mol. The van der Waals surface area contributed by atoms with Gasteiger partial charge in [-0.3, -0.25) is 0 Å². The second-order valence-electron chi connectivity index (χ2n) is 8.15. The number of sulfonamides is 2. The first-order valence-corrected chi connectivity index (χ1v) is 14.3. The maximum Gasteiger partial charge on any atom is 0.243 e. The first kappa shape index (κ1) is 27.2. The van der Waals surface area contributed by atoms with E-state index in [2.05, 4.69) is 4.72 Å². The predicted octanol–water partition coefficient (Wildman–Crippen LogP) is 4.82. The van der Waals surface area contributed by atoms with Crippen LogP contribution >= 0.6 is 11.6 Å². The van der Waals surface area contributed by atoms with Crippen molar-refractivity contribution >= 4 is 31.6 Å². The zero-order chi connectivity index (χ0) is 25.6. The molecule has 0 aliphatic heterocycles. The highest BCUT2D eigenvalue weighted by atomic mass is 35.5. The minimum Gasteiger partial charge on any atom is -0.497 e. The van der Waals surface area contributed by atoms with Crippen molar-refractivity contribution in [2.45, 2.75) is 49.2 Å². The molecule has 10 heteroatoms. The van der Waals surface area contributed by atoms with Crippen LogP contribution in [0.3, 0.4) is 0 Å². The van der Waals surface area contributed by atoms with Gasteiger partial charge in [0.2, 0.25) is 20.0 Å². The summed E-state index contributed by atoms with van der Waals surface area (Å²) >= 11 is 5.99. The molecule has 0 saturated heterocycles. The number of ether oxygens (including phenoxy) is 1. The van der Waals surface area contributed by atoms with Gasteiger partial charge in [-0.2, -0.15) is 4.31 Å². The van der Waals surface area contributed by atoms with Gasteiger partial charge in [-0.05, 0) is 73.0 Å². The Morgan fingerprint density at radius 1 is 0.829 bits per heavy atom. The van der Waals surface area contributed by atoms with Crippen molar-refractivity contribution in [3.8, 4) is 5.75 Å². The van der Waals surface area contributed by atoms with Crippen LogP contribution in [0.25, 0.3) is 0 Å². The van der Waals surface area contributed by atoms with E-state index in [4.69, 9.17) is 16.3 Å². The number of benzene rings is 3. The Labute approximate surface area is 212 Å². The fourth-order valence-corrected chi connectivity index (χ4v) is 6.18. The molecule has 0 fully saturated rings. The number of hydrogen-bond acceptors (Lipinski definition) is 5. The van der Waals surface area contributed by atoms with Gasteiger partial charge in [-0.1, -0.05) is 42.8 Å². The lowest BCUT2D eigenvalue weighted by Gasteiger charge is -2.23. The van der Waals surface area contributed by atoms with E-state index in [0.717, 1.165) is 11.1 Å². The van der Waals surface area contributed by atoms with Gasteiger partial charge < -0.3 is 4.74 Å². The van der Waals surface area contributed by atoms with Gasteiger partial charge in [0.25, 0.3) is 0 Å². The normalized spacial score (nSPS) is 13.1. The summed E-state index contributed by atoms with van der Waals surface area (Å²) in [4.78, 5) is 0.0126. The van der Waals surface area contributed by atoms with Gasteiger partial charge in [0.05, 0.1) is 16.9 Å². The third-order valence-corrected chi connectivity index (χ3v) is 9.19. The molecule has 0 aliphatic rings. The van der Waals surface area contributed by atoms with Crippen molar-refractivity contribution < 1.29 is 21.6 Å². The van der Waals surface area contributed by atoms with Crippen LogP contribution in [0.2, 0.25) is 5.02 Å². The molecule has 0 amide bonds. The first-order chi connectivity index (χ1) is 16.5. The Hall–Kier alpha value is -2.43. The zero-order valence-corrected chi connectivity index (χ0v) is 22.2. The standard InChI is InChI=1S/C25H29ClN2O5S2/c1-4-19(2)27-34(29,30)24-13-15-25(16-14-24)35(31,32)28(17-20-5-9-22(26)10-6-20)18-21-7-11-23(33-3)12-8-21/h5-16,19,27H,4,17-18H2,1-3H3. The molecule has 3 aromatic rings. The molecular weight excluding hydrogens is 508 g/mol. The van der Waals surface area contributed by atoms with E-state index in [0.29, 0.717) is 17.2 Å². The summed E-state index contributed by atoms with van der Waals surface area (Å²) in [5, 5.41) is 0.557. The molecule has 1 N–H and O–H groups in total. The van der Waals surface area contributed by atoms with Crippen molar-refractivity contribution in [1.82, 2.24) is 9.03 Å². The van der Waals surface area contributed by atoms with Gasteiger partial charge >= 0.3 is 0 Å². The molecule has 3 aromatic carbocycles. The van der Waals surface area contributed by atoms with Crippen molar-refractivity contribution in [3.05, 3.63) is 88.9 Å². The van der Waals surface area contributed by atoms with Crippen LogP contribution in [0.4, 0.5) is 0 Å². The lowest BCUT2D eigenvalue weighted by molar-refractivity contribution is 0.399.